The molecule has 4 aliphatic rings. The van der Waals surface area contributed by atoms with Gasteiger partial charge in [-0.05, 0) is 35.9 Å². The van der Waals surface area contributed by atoms with Gasteiger partial charge in [-0.2, -0.15) is 0 Å². The smallest absolute Gasteiger partial charge is 0.162 e. The van der Waals surface area contributed by atoms with Crippen LogP contribution in [-0.2, 0) is 4.74 Å². The highest BCUT2D eigenvalue weighted by Gasteiger charge is 2.61. The quantitative estimate of drug-likeness (QED) is 0.658. The van der Waals surface area contributed by atoms with E-state index in [1.165, 1.54) is 44.9 Å². The Bertz CT molecular complexity index is 288. The molecule has 1 nitrogen and oxygen atoms in total. The third-order valence-corrected chi connectivity index (χ3v) is 6.05. The van der Waals surface area contributed by atoms with Gasteiger partial charge < -0.3 is 4.74 Å². The van der Waals surface area contributed by atoms with Crippen molar-refractivity contribution in [2.45, 2.75) is 69.6 Å². The van der Waals surface area contributed by atoms with Crippen LogP contribution in [0.25, 0.3) is 0 Å². The van der Waals surface area contributed by atoms with Crippen LogP contribution < -0.4 is 0 Å². The van der Waals surface area contributed by atoms with Crippen LogP contribution in [0.1, 0.15) is 58.8 Å². The summed E-state index contributed by atoms with van der Waals surface area (Å²) in [7, 11) is 4.52. The van der Waals surface area contributed by atoms with Gasteiger partial charge in [-0.3, -0.25) is 0 Å². The lowest BCUT2D eigenvalue weighted by Gasteiger charge is -2.56. The monoisotopic (exact) mass is 233 g/mol. The molecule has 2 aliphatic carbocycles. The average Bonchev–Trinajstić information content (AvgIpc) is 2.50. The summed E-state index contributed by atoms with van der Waals surface area (Å²) < 4.78 is 5.89. The zero-order valence-electron chi connectivity index (χ0n) is 11.7. The van der Waals surface area contributed by atoms with E-state index >= 15 is 0 Å². The minimum atomic E-state index is 0.154. The average molecular weight is 233 g/mol. The maximum Gasteiger partial charge on any atom is 0.162 e. The summed E-state index contributed by atoms with van der Waals surface area (Å²) in [6.45, 7) is 4.80. The summed E-state index contributed by atoms with van der Waals surface area (Å²) in [5.41, 5.74) is 0.154. The van der Waals surface area contributed by atoms with Crippen molar-refractivity contribution in [3.8, 4) is 0 Å². The van der Waals surface area contributed by atoms with Crippen molar-refractivity contribution in [2.75, 3.05) is 7.11 Å². The molecule has 2 heteroatoms. The Labute approximate surface area is 107 Å². The number of rotatable bonds is 2. The first kappa shape index (κ1) is 12.1. The molecule has 0 aromatic heterocycles. The molecule has 2 saturated carbocycles. The molecular formula is C15H26BO. The molecule has 95 valence electrons. The molecule has 4 fully saturated rings. The minimum absolute atomic E-state index is 0.154. The number of ether oxygens (including phenoxy) is 1. The molecule has 0 amide bonds. The Morgan fingerprint density at radius 3 is 2.24 bits per heavy atom. The van der Waals surface area contributed by atoms with Gasteiger partial charge in [-0.1, -0.05) is 46.0 Å². The molecule has 0 aromatic rings. The van der Waals surface area contributed by atoms with Crippen LogP contribution in [0.4, 0.5) is 0 Å². The maximum atomic E-state index is 5.89. The van der Waals surface area contributed by atoms with Crippen molar-refractivity contribution >= 4 is 7.28 Å². The largest absolute Gasteiger partial charge is 0.387 e. The van der Waals surface area contributed by atoms with Crippen molar-refractivity contribution in [1.82, 2.24) is 0 Å². The number of hydrogen-bond donors (Lipinski definition) is 0. The van der Waals surface area contributed by atoms with Gasteiger partial charge in [0, 0.05) is 12.6 Å². The van der Waals surface area contributed by atoms with Crippen molar-refractivity contribution in [3.05, 3.63) is 0 Å². The van der Waals surface area contributed by atoms with E-state index < -0.39 is 0 Å². The maximum absolute atomic E-state index is 5.89. The molecule has 4 atom stereocenters. The highest BCUT2D eigenvalue weighted by atomic mass is 16.5. The van der Waals surface area contributed by atoms with Crippen molar-refractivity contribution in [1.29, 1.82) is 0 Å². The second-order valence-corrected chi connectivity index (χ2v) is 7.19. The molecular weight excluding hydrogens is 207 g/mol. The molecule has 2 bridgehead atoms. The predicted molar refractivity (Wildman–Crippen MR) is 72.3 cm³/mol. The molecule has 4 rings (SSSR count). The fourth-order valence-electron chi connectivity index (χ4n) is 4.89. The number of hydrogen-bond acceptors (Lipinski definition) is 1. The first-order valence-corrected chi connectivity index (χ1v) is 7.51. The Kier molecular flexibility index (Phi) is 2.85. The van der Waals surface area contributed by atoms with Crippen LogP contribution in [0.15, 0.2) is 0 Å². The van der Waals surface area contributed by atoms with Crippen molar-refractivity contribution in [2.24, 2.45) is 17.8 Å². The molecule has 0 N–H and O–H groups in total. The van der Waals surface area contributed by atoms with Crippen LogP contribution in [0.5, 0.6) is 0 Å². The lowest BCUT2D eigenvalue weighted by molar-refractivity contribution is -0.00667. The van der Waals surface area contributed by atoms with E-state index in [-0.39, 0.29) is 5.50 Å². The Balaban J connectivity index is 1.85. The highest BCUT2D eigenvalue weighted by molar-refractivity contribution is 6.48. The van der Waals surface area contributed by atoms with E-state index in [0.29, 0.717) is 5.31 Å². The summed E-state index contributed by atoms with van der Waals surface area (Å²) in [6, 6.07) is 0. The zero-order chi connectivity index (χ0) is 12.1. The van der Waals surface area contributed by atoms with Gasteiger partial charge in [-0.15, -0.1) is 0 Å². The predicted octanol–water partition coefficient (Wildman–Crippen LogP) is 3.85. The zero-order valence-corrected chi connectivity index (χ0v) is 11.7. The lowest BCUT2D eigenvalue weighted by atomic mass is 9.26. The molecule has 17 heavy (non-hydrogen) atoms. The highest BCUT2D eigenvalue weighted by Crippen LogP contribution is 2.65. The summed E-state index contributed by atoms with van der Waals surface area (Å²) in [5.74, 6) is 2.72. The van der Waals surface area contributed by atoms with Gasteiger partial charge in [0.1, 0.15) is 0 Å². The van der Waals surface area contributed by atoms with Gasteiger partial charge in [-0.25, -0.2) is 0 Å². The van der Waals surface area contributed by atoms with Crippen molar-refractivity contribution in [3.63, 3.8) is 0 Å². The Hall–Kier alpha value is 0.0249. The second-order valence-electron chi connectivity index (χ2n) is 7.19. The van der Waals surface area contributed by atoms with E-state index in [0.717, 1.165) is 17.8 Å². The van der Waals surface area contributed by atoms with Crippen LogP contribution in [-0.4, -0.2) is 19.9 Å². The van der Waals surface area contributed by atoms with E-state index in [9.17, 15) is 0 Å². The molecule has 0 spiro atoms. The van der Waals surface area contributed by atoms with Gasteiger partial charge in [0.15, 0.2) is 7.28 Å². The summed E-state index contributed by atoms with van der Waals surface area (Å²) >= 11 is 0. The normalized spacial score (nSPS) is 48.9. The van der Waals surface area contributed by atoms with E-state index in [2.05, 4.69) is 21.1 Å². The third kappa shape index (κ3) is 1.78. The van der Waals surface area contributed by atoms with Crippen LogP contribution in [0.3, 0.4) is 0 Å². The third-order valence-electron chi connectivity index (χ3n) is 6.05. The summed E-state index contributed by atoms with van der Waals surface area (Å²) in [4.78, 5) is 0. The fourth-order valence-corrected chi connectivity index (χ4v) is 4.89. The summed E-state index contributed by atoms with van der Waals surface area (Å²) in [5, 5.41) is 0.507. The molecule has 1 radical (unpaired) electrons. The second kappa shape index (κ2) is 4.01. The molecule has 4 unspecified atom stereocenters. The first-order valence-electron chi connectivity index (χ1n) is 7.51. The van der Waals surface area contributed by atoms with Crippen molar-refractivity contribution < 1.29 is 4.74 Å². The Morgan fingerprint density at radius 1 is 1.12 bits per heavy atom. The molecule has 2 aliphatic heterocycles. The van der Waals surface area contributed by atoms with Crippen LogP contribution >= 0.6 is 0 Å². The van der Waals surface area contributed by atoms with Gasteiger partial charge in [0.05, 0.1) is 0 Å². The SMILES string of the molecule is COC12[B]C(C(C)C)(CC3CCCCC3C1)C2. The van der Waals surface area contributed by atoms with Gasteiger partial charge in [0.25, 0.3) is 0 Å². The first-order chi connectivity index (χ1) is 8.09. The van der Waals surface area contributed by atoms with Gasteiger partial charge in [0.2, 0.25) is 0 Å². The summed E-state index contributed by atoms with van der Waals surface area (Å²) in [6.07, 6.45) is 9.90. The number of methoxy groups -OCH3 is 1. The minimum Gasteiger partial charge on any atom is -0.387 e. The van der Waals surface area contributed by atoms with Crippen LogP contribution in [0.2, 0.25) is 5.31 Å². The standard InChI is InChI=1S/C15H26BO/c1-11(2)14-8-12-6-4-5-7-13(12)9-15(10-14,16-14)17-3/h11-13H,4-10H2,1-3H3. The molecule has 2 heterocycles. The topological polar surface area (TPSA) is 9.23 Å². The fraction of sp³-hybridized carbons (Fsp3) is 1.00. The van der Waals surface area contributed by atoms with E-state index in [1.54, 1.807) is 0 Å². The molecule has 2 saturated heterocycles. The lowest BCUT2D eigenvalue weighted by Crippen LogP contribution is -2.58. The Morgan fingerprint density at radius 2 is 1.71 bits per heavy atom. The van der Waals surface area contributed by atoms with Crippen LogP contribution in [0, 0.1) is 17.8 Å². The van der Waals surface area contributed by atoms with Gasteiger partial charge >= 0.3 is 0 Å². The van der Waals surface area contributed by atoms with E-state index in [1.807, 2.05) is 7.11 Å². The molecule has 0 aromatic carbocycles. The van der Waals surface area contributed by atoms with E-state index in [4.69, 9.17) is 4.74 Å².